The van der Waals surface area contributed by atoms with Gasteiger partial charge in [-0.25, -0.2) is 4.79 Å². The first-order chi connectivity index (χ1) is 10.8. The van der Waals surface area contributed by atoms with Crippen molar-refractivity contribution in [3.8, 4) is 5.75 Å². The topological polar surface area (TPSA) is 77.8 Å². The maximum absolute atomic E-state index is 12.6. The van der Waals surface area contributed by atoms with Crippen molar-refractivity contribution in [2.75, 3.05) is 0 Å². The van der Waals surface area contributed by atoms with Crippen LogP contribution in [0.1, 0.15) is 25.8 Å². The first-order valence-electron chi connectivity index (χ1n) is 7.09. The molecule has 1 aromatic carbocycles. The van der Waals surface area contributed by atoms with E-state index in [4.69, 9.17) is 12.2 Å². The number of carboxylic acids is 1. The summed E-state index contributed by atoms with van der Waals surface area (Å²) >= 11 is 6.25. The Morgan fingerprint density at radius 3 is 2.61 bits per heavy atom. The third-order valence-corrected chi connectivity index (χ3v) is 4.67. The van der Waals surface area contributed by atoms with E-state index >= 15 is 0 Å². The first-order valence-corrected chi connectivity index (χ1v) is 8.31. The second kappa shape index (κ2) is 7.14. The van der Waals surface area contributed by atoms with Gasteiger partial charge in [-0.2, -0.15) is 0 Å². The molecular weight excluding hydrogens is 334 g/mol. The van der Waals surface area contributed by atoms with Gasteiger partial charge in [0.15, 0.2) is 0 Å². The van der Waals surface area contributed by atoms with Crippen molar-refractivity contribution in [1.29, 1.82) is 0 Å². The Morgan fingerprint density at radius 2 is 2.04 bits per heavy atom. The number of benzene rings is 1. The average molecular weight is 351 g/mol. The maximum atomic E-state index is 12.6. The van der Waals surface area contributed by atoms with E-state index in [1.807, 2.05) is 13.8 Å². The van der Waals surface area contributed by atoms with Gasteiger partial charge in [0.25, 0.3) is 5.91 Å². The fourth-order valence-corrected chi connectivity index (χ4v) is 3.61. The van der Waals surface area contributed by atoms with Crippen molar-refractivity contribution in [2.45, 2.75) is 26.3 Å². The number of aliphatic carboxylic acids is 1. The highest BCUT2D eigenvalue weighted by molar-refractivity contribution is 8.26. The van der Waals surface area contributed by atoms with Crippen LogP contribution in [0.25, 0.3) is 6.08 Å². The summed E-state index contributed by atoms with van der Waals surface area (Å²) in [6.45, 7) is 3.79. The van der Waals surface area contributed by atoms with Gasteiger partial charge in [-0.3, -0.25) is 9.69 Å². The summed E-state index contributed by atoms with van der Waals surface area (Å²) in [5, 5.41) is 19.2. The number of carbonyl (C=O) groups excluding carboxylic acids is 1. The standard InChI is InChI=1S/C16H17NO4S2/c1-9(2)7-11(15(20)21)17-14(19)13(23-16(17)22)8-10-5-3-4-6-12(10)18/h3-6,8-9,11,18H,7H2,1-2H3,(H,20,21). The molecule has 7 heteroatoms. The van der Waals surface area contributed by atoms with Crippen LogP contribution in [0, 0.1) is 5.92 Å². The van der Waals surface area contributed by atoms with Gasteiger partial charge in [0.2, 0.25) is 0 Å². The number of thioether (sulfide) groups is 1. The number of nitrogens with zero attached hydrogens (tertiary/aromatic N) is 1. The molecule has 1 saturated heterocycles. The van der Waals surface area contributed by atoms with Crippen LogP contribution in [-0.4, -0.2) is 37.4 Å². The highest BCUT2D eigenvalue weighted by Crippen LogP contribution is 2.36. The predicted octanol–water partition coefficient (Wildman–Crippen LogP) is 3.09. The number of carbonyl (C=O) groups is 2. The van der Waals surface area contributed by atoms with Crippen molar-refractivity contribution in [3.63, 3.8) is 0 Å². The Kier molecular flexibility index (Phi) is 5.43. The number of hydrogen-bond donors (Lipinski definition) is 2. The summed E-state index contributed by atoms with van der Waals surface area (Å²) in [7, 11) is 0. The molecule has 1 unspecified atom stereocenters. The molecule has 1 fully saturated rings. The quantitative estimate of drug-likeness (QED) is 0.627. The third-order valence-electron chi connectivity index (χ3n) is 3.34. The maximum Gasteiger partial charge on any atom is 0.326 e. The molecule has 0 aromatic heterocycles. The lowest BCUT2D eigenvalue weighted by molar-refractivity contribution is -0.145. The number of phenols is 1. The Hall–Kier alpha value is -1.86. The van der Waals surface area contributed by atoms with Crippen LogP contribution in [0.15, 0.2) is 29.2 Å². The molecule has 0 spiro atoms. The zero-order chi connectivity index (χ0) is 17.1. The van der Waals surface area contributed by atoms with Crippen molar-refractivity contribution in [2.24, 2.45) is 5.92 Å². The number of amides is 1. The van der Waals surface area contributed by atoms with Crippen LogP contribution in [0.4, 0.5) is 0 Å². The fraction of sp³-hybridized carbons (Fsp3) is 0.312. The number of thiocarbonyl (C=S) groups is 1. The first kappa shape index (κ1) is 17.5. The fourth-order valence-electron chi connectivity index (χ4n) is 2.26. The number of rotatable bonds is 5. The third kappa shape index (κ3) is 3.92. The van der Waals surface area contributed by atoms with Crippen LogP contribution >= 0.6 is 24.0 Å². The Bertz CT molecular complexity index is 684. The van der Waals surface area contributed by atoms with E-state index in [-0.39, 0.29) is 16.0 Å². The zero-order valence-electron chi connectivity index (χ0n) is 12.7. The molecule has 1 aliphatic heterocycles. The summed E-state index contributed by atoms with van der Waals surface area (Å²) < 4.78 is 0.227. The van der Waals surface area contributed by atoms with Gasteiger partial charge in [0, 0.05) is 5.56 Å². The molecule has 1 aliphatic rings. The van der Waals surface area contributed by atoms with Gasteiger partial charge >= 0.3 is 5.97 Å². The van der Waals surface area contributed by atoms with Crippen LogP contribution in [0.2, 0.25) is 0 Å². The molecular formula is C16H17NO4S2. The second-order valence-electron chi connectivity index (χ2n) is 5.59. The largest absolute Gasteiger partial charge is 0.507 e. The van der Waals surface area contributed by atoms with Gasteiger partial charge in [0.1, 0.15) is 16.1 Å². The summed E-state index contributed by atoms with van der Waals surface area (Å²) in [4.78, 5) is 25.5. The van der Waals surface area contributed by atoms with Crippen LogP contribution < -0.4 is 0 Å². The van der Waals surface area contributed by atoms with Crippen molar-refractivity contribution < 1.29 is 19.8 Å². The molecule has 2 rings (SSSR count). The van der Waals surface area contributed by atoms with Crippen molar-refractivity contribution >= 4 is 46.3 Å². The molecule has 23 heavy (non-hydrogen) atoms. The normalized spacial score (nSPS) is 18.0. The highest BCUT2D eigenvalue weighted by atomic mass is 32.2. The molecule has 1 atom stereocenters. The minimum Gasteiger partial charge on any atom is -0.507 e. The molecule has 0 radical (unpaired) electrons. The smallest absolute Gasteiger partial charge is 0.326 e. The van der Waals surface area contributed by atoms with Crippen LogP contribution in [0.3, 0.4) is 0 Å². The van der Waals surface area contributed by atoms with E-state index in [1.54, 1.807) is 18.2 Å². The SMILES string of the molecule is CC(C)CC(C(=O)O)N1C(=O)C(=Cc2ccccc2O)SC1=S. The number of aromatic hydroxyl groups is 1. The summed E-state index contributed by atoms with van der Waals surface area (Å²) in [5.41, 5.74) is 0.490. The minimum atomic E-state index is -1.07. The van der Waals surface area contributed by atoms with E-state index in [0.717, 1.165) is 16.7 Å². The van der Waals surface area contributed by atoms with Crippen LogP contribution in [-0.2, 0) is 9.59 Å². The monoisotopic (exact) mass is 351 g/mol. The molecule has 0 aliphatic carbocycles. The van der Waals surface area contributed by atoms with E-state index < -0.39 is 17.9 Å². The molecule has 2 N–H and O–H groups in total. The number of hydrogen-bond acceptors (Lipinski definition) is 5. The lowest BCUT2D eigenvalue weighted by Crippen LogP contribution is -2.44. The Balaban J connectivity index is 2.32. The Morgan fingerprint density at radius 1 is 1.39 bits per heavy atom. The second-order valence-corrected chi connectivity index (χ2v) is 7.27. The van der Waals surface area contributed by atoms with E-state index in [0.29, 0.717) is 16.9 Å². The van der Waals surface area contributed by atoms with Crippen molar-refractivity contribution in [1.82, 2.24) is 4.90 Å². The average Bonchev–Trinajstić information content (AvgIpc) is 2.73. The number of carboxylic acid groups (broad SMARTS) is 1. The molecule has 0 bridgehead atoms. The zero-order valence-corrected chi connectivity index (χ0v) is 14.4. The van der Waals surface area contributed by atoms with Gasteiger partial charge in [-0.05, 0) is 24.5 Å². The van der Waals surface area contributed by atoms with Gasteiger partial charge in [-0.15, -0.1) is 0 Å². The molecule has 122 valence electrons. The molecule has 5 nitrogen and oxygen atoms in total. The molecule has 0 saturated carbocycles. The van der Waals surface area contributed by atoms with E-state index in [9.17, 15) is 19.8 Å². The van der Waals surface area contributed by atoms with Gasteiger partial charge in [0.05, 0.1) is 4.91 Å². The van der Waals surface area contributed by atoms with Crippen LogP contribution in [0.5, 0.6) is 5.75 Å². The summed E-state index contributed by atoms with van der Waals surface area (Å²) in [6.07, 6.45) is 1.86. The van der Waals surface area contributed by atoms with E-state index in [1.165, 1.54) is 12.1 Å². The Labute approximate surface area is 144 Å². The van der Waals surface area contributed by atoms with E-state index in [2.05, 4.69) is 0 Å². The predicted molar refractivity (Wildman–Crippen MR) is 94.0 cm³/mol. The summed E-state index contributed by atoms with van der Waals surface area (Å²) in [5.74, 6) is -1.34. The molecule has 1 amide bonds. The highest BCUT2D eigenvalue weighted by Gasteiger charge is 2.40. The van der Waals surface area contributed by atoms with Crippen molar-refractivity contribution in [3.05, 3.63) is 34.7 Å². The molecule has 1 aromatic rings. The lowest BCUT2D eigenvalue weighted by Gasteiger charge is -2.24. The van der Waals surface area contributed by atoms with Gasteiger partial charge in [-0.1, -0.05) is 56.0 Å². The number of para-hydroxylation sites is 1. The molecule has 1 heterocycles. The minimum absolute atomic E-state index is 0.0507. The lowest BCUT2D eigenvalue weighted by atomic mass is 10.0. The van der Waals surface area contributed by atoms with Gasteiger partial charge < -0.3 is 10.2 Å². The number of phenolic OH excluding ortho intramolecular Hbond substituents is 1. The summed E-state index contributed by atoms with van der Waals surface area (Å²) in [6, 6.07) is 5.64.